The number of amides is 1. The standard InChI is InChI=1S/C18H19N5O2/c1-4-13-16(11(3)24)10(2)20-17(13)18(25)21-15-9-14(22-23-15)12-5-7-19-8-6-12/h5-9,20H,4H2,1-3H3,(H2,21,22,23,25). The Morgan fingerprint density at radius 1 is 1.24 bits per heavy atom. The number of aromatic amines is 2. The van der Waals surface area contributed by atoms with Gasteiger partial charge in [-0.1, -0.05) is 6.92 Å². The molecule has 0 aliphatic carbocycles. The Labute approximate surface area is 144 Å². The molecule has 3 heterocycles. The first kappa shape index (κ1) is 16.6. The molecule has 3 rings (SSSR count). The molecular formula is C18H19N5O2. The molecule has 3 N–H and O–H groups in total. The van der Waals surface area contributed by atoms with Crippen molar-refractivity contribution >= 4 is 17.5 Å². The van der Waals surface area contributed by atoms with E-state index < -0.39 is 0 Å². The summed E-state index contributed by atoms with van der Waals surface area (Å²) in [7, 11) is 0. The summed E-state index contributed by atoms with van der Waals surface area (Å²) in [5, 5.41) is 9.77. The highest BCUT2D eigenvalue weighted by atomic mass is 16.2. The van der Waals surface area contributed by atoms with E-state index in [-0.39, 0.29) is 11.7 Å². The maximum absolute atomic E-state index is 12.6. The van der Waals surface area contributed by atoms with Crippen molar-refractivity contribution in [3.63, 3.8) is 0 Å². The number of H-pyrrole nitrogens is 2. The summed E-state index contributed by atoms with van der Waals surface area (Å²) < 4.78 is 0. The number of hydrogen-bond donors (Lipinski definition) is 3. The van der Waals surface area contributed by atoms with Gasteiger partial charge in [-0.25, -0.2) is 0 Å². The maximum Gasteiger partial charge on any atom is 0.273 e. The minimum atomic E-state index is -0.319. The van der Waals surface area contributed by atoms with Crippen molar-refractivity contribution in [2.45, 2.75) is 27.2 Å². The van der Waals surface area contributed by atoms with Gasteiger partial charge in [0.1, 0.15) is 5.69 Å². The summed E-state index contributed by atoms with van der Waals surface area (Å²) in [6.45, 7) is 5.22. The number of ketones is 1. The molecule has 3 aromatic rings. The Morgan fingerprint density at radius 2 is 1.96 bits per heavy atom. The highest BCUT2D eigenvalue weighted by Gasteiger charge is 2.22. The van der Waals surface area contributed by atoms with Gasteiger partial charge in [-0.2, -0.15) is 5.10 Å². The number of Topliss-reactive ketones (excluding diaryl/α,β-unsaturated/α-hetero) is 1. The van der Waals surface area contributed by atoms with Crippen LogP contribution >= 0.6 is 0 Å². The largest absolute Gasteiger partial charge is 0.354 e. The molecule has 1 amide bonds. The van der Waals surface area contributed by atoms with E-state index in [1.807, 2.05) is 19.1 Å². The first-order chi connectivity index (χ1) is 12.0. The second-order valence-corrected chi connectivity index (χ2v) is 5.75. The Hall–Kier alpha value is -3.22. The first-order valence-corrected chi connectivity index (χ1v) is 8.00. The molecule has 0 aromatic carbocycles. The monoisotopic (exact) mass is 337 g/mol. The molecule has 0 atom stereocenters. The number of aromatic nitrogens is 4. The predicted octanol–water partition coefficient (Wildman–Crippen LogP) is 3.13. The first-order valence-electron chi connectivity index (χ1n) is 8.00. The SMILES string of the molecule is CCc1c(C(=O)Nc2cc(-c3ccncc3)[nH]n2)[nH]c(C)c1C(C)=O. The van der Waals surface area contributed by atoms with Crippen LogP contribution in [0.15, 0.2) is 30.6 Å². The third-order valence-electron chi connectivity index (χ3n) is 4.03. The lowest BCUT2D eigenvalue weighted by atomic mass is 10.0. The van der Waals surface area contributed by atoms with Crippen LogP contribution in [-0.2, 0) is 6.42 Å². The van der Waals surface area contributed by atoms with Crippen LogP contribution in [0.3, 0.4) is 0 Å². The Morgan fingerprint density at radius 3 is 2.60 bits per heavy atom. The Bertz CT molecular complexity index is 924. The predicted molar refractivity (Wildman–Crippen MR) is 94.7 cm³/mol. The molecule has 0 fully saturated rings. The summed E-state index contributed by atoms with van der Waals surface area (Å²) in [4.78, 5) is 31.4. The van der Waals surface area contributed by atoms with E-state index in [0.717, 1.165) is 16.8 Å². The molecule has 7 nitrogen and oxygen atoms in total. The zero-order valence-electron chi connectivity index (χ0n) is 14.3. The van der Waals surface area contributed by atoms with Crippen LogP contribution in [0.5, 0.6) is 0 Å². The Kier molecular flexibility index (Phi) is 4.47. The van der Waals surface area contributed by atoms with E-state index >= 15 is 0 Å². The molecule has 0 radical (unpaired) electrons. The van der Waals surface area contributed by atoms with Gasteiger partial charge in [0.2, 0.25) is 0 Å². The smallest absolute Gasteiger partial charge is 0.273 e. The molecule has 0 aliphatic rings. The fraction of sp³-hybridized carbons (Fsp3) is 0.222. The molecule has 25 heavy (non-hydrogen) atoms. The van der Waals surface area contributed by atoms with Crippen LogP contribution in [0.2, 0.25) is 0 Å². The quantitative estimate of drug-likeness (QED) is 0.622. The average molecular weight is 337 g/mol. The highest BCUT2D eigenvalue weighted by Crippen LogP contribution is 2.22. The summed E-state index contributed by atoms with van der Waals surface area (Å²) >= 11 is 0. The molecule has 0 saturated carbocycles. The van der Waals surface area contributed by atoms with Gasteiger partial charge < -0.3 is 10.3 Å². The Balaban J connectivity index is 1.85. The van der Waals surface area contributed by atoms with Crippen LogP contribution in [0.1, 0.15) is 46.0 Å². The molecule has 0 saturated heterocycles. The van der Waals surface area contributed by atoms with Crippen LogP contribution in [0.4, 0.5) is 5.82 Å². The van der Waals surface area contributed by atoms with E-state index in [1.54, 1.807) is 25.4 Å². The second kappa shape index (κ2) is 6.72. The van der Waals surface area contributed by atoms with Gasteiger partial charge in [-0.15, -0.1) is 0 Å². The van der Waals surface area contributed by atoms with Gasteiger partial charge in [0.25, 0.3) is 5.91 Å². The highest BCUT2D eigenvalue weighted by molar-refractivity contribution is 6.07. The summed E-state index contributed by atoms with van der Waals surface area (Å²) in [5.41, 5.74) is 4.12. The van der Waals surface area contributed by atoms with Gasteiger partial charge >= 0.3 is 0 Å². The third kappa shape index (κ3) is 3.21. The normalized spacial score (nSPS) is 10.7. The number of carbonyl (C=O) groups excluding carboxylic acids is 2. The number of anilines is 1. The lowest BCUT2D eigenvalue weighted by molar-refractivity contribution is 0.101. The molecule has 7 heteroatoms. The van der Waals surface area contributed by atoms with Crippen LogP contribution in [-0.4, -0.2) is 31.9 Å². The number of nitrogens with zero attached hydrogens (tertiary/aromatic N) is 2. The summed E-state index contributed by atoms with van der Waals surface area (Å²) in [6, 6.07) is 5.45. The minimum Gasteiger partial charge on any atom is -0.354 e. The van der Waals surface area contributed by atoms with E-state index in [1.165, 1.54) is 6.92 Å². The van der Waals surface area contributed by atoms with Crippen LogP contribution < -0.4 is 5.32 Å². The van der Waals surface area contributed by atoms with Crippen molar-refractivity contribution in [3.8, 4) is 11.3 Å². The van der Waals surface area contributed by atoms with Crippen LogP contribution in [0, 0.1) is 6.92 Å². The lowest BCUT2D eigenvalue weighted by Crippen LogP contribution is -2.15. The number of carbonyl (C=O) groups is 2. The molecule has 0 bridgehead atoms. The van der Waals surface area contributed by atoms with Gasteiger partial charge in [0, 0.05) is 35.3 Å². The molecule has 0 unspecified atom stereocenters. The van der Waals surface area contributed by atoms with Gasteiger partial charge in [-0.3, -0.25) is 19.7 Å². The number of pyridine rings is 1. The third-order valence-corrected chi connectivity index (χ3v) is 4.03. The summed E-state index contributed by atoms with van der Waals surface area (Å²) in [5.74, 6) is 0.0418. The zero-order chi connectivity index (χ0) is 18.0. The topological polar surface area (TPSA) is 104 Å². The van der Waals surface area contributed by atoms with Crippen molar-refractivity contribution in [1.82, 2.24) is 20.2 Å². The zero-order valence-corrected chi connectivity index (χ0v) is 14.3. The molecule has 3 aromatic heterocycles. The molecular weight excluding hydrogens is 318 g/mol. The van der Waals surface area contributed by atoms with E-state index in [2.05, 4.69) is 25.5 Å². The number of nitrogens with one attached hydrogen (secondary N) is 3. The average Bonchev–Trinajstić information content (AvgIpc) is 3.19. The van der Waals surface area contributed by atoms with Crippen molar-refractivity contribution in [2.24, 2.45) is 0 Å². The molecule has 0 aliphatic heterocycles. The van der Waals surface area contributed by atoms with Gasteiger partial charge in [0.05, 0.1) is 5.69 Å². The van der Waals surface area contributed by atoms with Gasteiger partial charge in [-0.05, 0) is 38.0 Å². The summed E-state index contributed by atoms with van der Waals surface area (Å²) in [6.07, 6.45) is 3.96. The second-order valence-electron chi connectivity index (χ2n) is 5.75. The molecule has 0 spiro atoms. The maximum atomic E-state index is 12.6. The fourth-order valence-corrected chi connectivity index (χ4v) is 2.94. The van der Waals surface area contributed by atoms with Gasteiger partial charge in [0.15, 0.2) is 11.6 Å². The van der Waals surface area contributed by atoms with Crippen LogP contribution in [0.25, 0.3) is 11.3 Å². The minimum absolute atomic E-state index is 0.0515. The van der Waals surface area contributed by atoms with E-state index in [0.29, 0.717) is 29.2 Å². The fourth-order valence-electron chi connectivity index (χ4n) is 2.94. The lowest BCUT2D eigenvalue weighted by Gasteiger charge is -2.03. The van der Waals surface area contributed by atoms with E-state index in [4.69, 9.17) is 0 Å². The van der Waals surface area contributed by atoms with Crippen molar-refractivity contribution in [3.05, 3.63) is 53.1 Å². The number of aryl methyl sites for hydroxylation is 1. The van der Waals surface area contributed by atoms with Crippen molar-refractivity contribution in [2.75, 3.05) is 5.32 Å². The van der Waals surface area contributed by atoms with E-state index in [9.17, 15) is 9.59 Å². The number of rotatable bonds is 5. The molecule has 128 valence electrons. The van der Waals surface area contributed by atoms with Crippen molar-refractivity contribution < 1.29 is 9.59 Å². The van der Waals surface area contributed by atoms with Crippen molar-refractivity contribution in [1.29, 1.82) is 0 Å². The number of hydrogen-bond acceptors (Lipinski definition) is 4.